The summed E-state index contributed by atoms with van der Waals surface area (Å²) in [6.45, 7) is 0. The molecule has 2 rings (SSSR count). The monoisotopic (exact) mass is 216 g/mol. The van der Waals surface area contributed by atoms with E-state index in [0.29, 0.717) is 17.0 Å². The molecule has 1 aromatic heterocycles. The topological polar surface area (TPSA) is 44.1 Å². The number of ketones is 1. The van der Waals surface area contributed by atoms with E-state index in [4.69, 9.17) is 4.74 Å². The molecule has 0 spiro atoms. The molecule has 0 aliphatic heterocycles. The van der Waals surface area contributed by atoms with Gasteiger partial charge < -0.3 is 4.74 Å². The quantitative estimate of drug-likeness (QED) is 0.733. The van der Waals surface area contributed by atoms with Crippen LogP contribution >= 0.6 is 0 Å². The Morgan fingerprint density at radius 3 is 2.81 bits per heavy atom. The second kappa shape index (κ2) is 4.18. The lowest BCUT2D eigenvalue weighted by Gasteiger charge is -2.01. The van der Waals surface area contributed by atoms with Crippen LogP contribution in [-0.2, 0) is 7.05 Å². The third-order valence-electron chi connectivity index (χ3n) is 2.28. The Bertz CT molecular complexity index is 517. The summed E-state index contributed by atoms with van der Waals surface area (Å²) in [6.07, 6.45) is 1.74. The lowest BCUT2D eigenvalue weighted by Crippen LogP contribution is -2.03. The summed E-state index contributed by atoms with van der Waals surface area (Å²) in [5.41, 5.74) is 1.02. The average molecular weight is 216 g/mol. The van der Waals surface area contributed by atoms with Gasteiger partial charge in [0.05, 0.1) is 7.11 Å². The Morgan fingerprint density at radius 2 is 2.19 bits per heavy atom. The van der Waals surface area contributed by atoms with Crippen LogP contribution in [0.5, 0.6) is 5.75 Å². The molecule has 16 heavy (non-hydrogen) atoms. The fourth-order valence-electron chi connectivity index (χ4n) is 1.45. The van der Waals surface area contributed by atoms with Gasteiger partial charge in [0, 0.05) is 18.8 Å². The molecule has 4 heteroatoms. The number of carbonyl (C=O) groups is 1. The van der Waals surface area contributed by atoms with E-state index in [1.54, 1.807) is 55.4 Å². The molecular weight excluding hydrogens is 204 g/mol. The van der Waals surface area contributed by atoms with E-state index >= 15 is 0 Å². The largest absolute Gasteiger partial charge is 0.497 e. The van der Waals surface area contributed by atoms with Gasteiger partial charge in [-0.05, 0) is 18.2 Å². The van der Waals surface area contributed by atoms with Gasteiger partial charge in [0.2, 0.25) is 5.78 Å². The number of benzene rings is 1. The standard InChI is InChI=1S/C12H12N2O2/c1-14-7-6-11(13-14)12(15)9-4-3-5-10(8-9)16-2/h3-8H,1-2H3. The Labute approximate surface area is 93.5 Å². The van der Waals surface area contributed by atoms with Crippen LogP contribution in [0.25, 0.3) is 0 Å². The van der Waals surface area contributed by atoms with Crippen molar-refractivity contribution in [3.8, 4) is 5.75 Å². The summed E-state index contributed by atoms with van der Waals surface area (Å²) in [5.74, 6) is 0.571. The van der Waals surface area contributed by atoms with Crippen LogP contribution in [0.3, 0.4) is 0 Å². The number of nitrogens with zero attached hydrogens (tertiary/aromatic N) is 2. The molecule has 0 atom stereocenters. The molecule has 1 heterocycles. The summed E-state index contributed by atoms with van der Waals surface area (Å²) < 4.78 is 6.67. The number of methoxy groups -OCH3 is 1. The number of aryl methyl sites for hydroxylation is 1. The number of carbonyl (C=O) groups excluding carboxylic acids is 1. The highest BCUT2D eigenvalue weighted by Crippen LogP contribution is 2.15. The Morgan fingerprint density at radius 1 is 1.38 bits per heavy atom. The fraction of sp³-hybridized carbons (Fsp3) is 0.167. The highest BCUT2D eigenvalue weighted by Gasteiger charge is 2.12. The van der Waals surface area contributed by atoms with E-state index in [2.05, 4.69) is 5.10 Å². The van der Waals surface area contributed by atoms with E-state index in [0.717, 1.165) is 0 Å². The molecular formula is C12H12N2O2. The predicted octanol–water partition coefficient (Wildman–Crippen LogP) is 1.66. The first-order valence-electron chi connectivity index (χ1n) is 4.89. The minimum atomic E-state index is -0.0977. The van der Waals surface area contributed by atoms with Gasteiger partial charge in [-0.3, -0.25) is 9.48 Å². The average Bonchev–Trinajstić information content (AvgIpc) is 2.75. The summed E-state index contributed by atoms with van der Waals surface area (Å²) in [6, 6.07) is 8.74. The van der Waals surface area contributed by atoms with Crippen molar-refractivity contribution in [2.75, 3.05) is 7.11 Å². The second-order valence-corrected chi connectivity index (χ2v) is 3.44. The van der Waals surface area contributed by atoms with Crippen LogP contribution in [0.4, 0.5) is 0 Å². The molecule has 0 radical (unpaired) electrons. The van der Waals surface area contributed by atoms with Crippen LogP contribution in [-0.4, -0.2) is 22.7 Å². The van der Waals surface area contributed by atoms with Crippen molar-refractivity contribution in [3.63, 3.8) is 0 Å². The third kappa shape index (κ3) is 1.95. The van der Waals surface area contributed by atoms with Gasteiger partial charge >= 0.3 is 0 Å². The van der Waals surface area contributed by atoms with Gasteiger partial charge in [0.25, 0.3) is 0 Å². The van der Waals surface area contributed by atoms with Crippen LogP contribution in [0.1, 0.15) is 16.1 Å². The van der Waals surface area contributed by atoms with Gasteiger partial charge in [0.1, 0.15) is 11.4 Å². The van der Waals surface area contributed by atoms with Crippen molar-refractivity contribution < 1.29 is 9.53 Å². The van der Waals surface area contributed by atoms with Gasteiger partial charge in [-0.2, -0.15) is 5.10 Å². The van der Waals surface area contributed by atoms with Crippen molar-refractivity contribution in [3.05, 3.63) is 47.8 Å². The Balaban J connectivity index is 2.33. The fourth-order valence-corrected chi connectivity index (χ4v) is 1.45. The van der Waals surface area contributed by atoms with Gasteiger partial charge in [-0.25, -0.2) is 0 Å². The highest BCUT2D eigenvalue weighted by molar-refractivity contribution is 6.07. The normalized spacial score (nSPS) is 10.1. The molecule has 0 saturated heterocycles. The molecule has 0 N–H and O–H groups in total. The first-order chi connectivity index (χ1) is 7.70. The highest BCUT2D eigenvalue weighted by atomic mass is 16.5. The van der Waals surface area contributed by atoms with Crippen molar-refractivity contribution in [2.45, 2.75) is 0 Å². The molecule has 2 aromatic rings. The zero-order valence-corrected chi connectivity index (χ0v) is 9.18. The van der Waals surface area contributed by atoms with E-state index in [1.807, 2.05) is 0 Å². The van der Waals surface area contributed by atoms with Crippen molar-refractivity contribution in [1.29, 1.82) is 0 Å². The van der Waals surface area contributed by atoms with Gasteiger partial charge in [-0.15, -0.1) is 0 Å². The van der Waals surface area contributed by atoms with E-state index in [1.165, 1.54) is 0 Å². The first-order valence-corrected chi connectivity index (χ1v) is 4.89. The number of rotatable bonds is 3. The summed E-state index contributed by atoms with van der Waals surface area (Å²) >= 11 is 0. The summed E-state index contributed by atoms with van der Waals surface area (Å²) in [5, 5.41) is 4.07. The van der Waals surface area contributed by atoms with Crippen molar-refractivity contribution in [1.82, 2.24) is 9.78 Å². The predicted molar refractivity (Wildman–Crippen MR) is 59.6 cm³/mol. The lowest BCUT2D eigenvalue weighted by molar-refractivity contribution is 0.103. The van der Waals surface area contributed by atoms with Crippen LogP contribution in [0, 0.1) is 0 Å². The smallest absolute Gasteiger partial charge is 0.213 e. The summed E-state index contributed by atoms with van der Waals surface area (Å²) in [7, 11) is 3.35. The number of ether oxygens (including phenoxy) is 1. The number of hydrogen-bond acceptors (Lipinski definition) is 3. The zero-order chi connectivity index (χ0) is 11.5. The Hall–Kier alpha value is -2.10. The molecule has 0 aliphatic carbocycles. The number of hydrogen-bond donors (Lipinski definition) is 0. The van der Waals surface area contributed by atoms with E-state index in [-0.39, 0.29) is 5.78 Å². The SMILES string of the molecule is COc1cccc(C(=O)c2ccn(C)n2)c1. The molecule has 0 unspecified atom stereocenters. The molecule has 0 amide bonds. The Kier molecular flexibility index (Phi) is 2.72. The maximum absolute atomic E-state index is 12.0. The zero-order valence-electron chi connectivity index (χ0n) is 9.18. The summed E-state index contributed by atoms with van der Waals surface area (Å²) in [4.78, 5) is 12.0. The second-order valence-electron chi connectivity index (χ2n) is 3.44. The maximum Gasteiger partial charge on any atom is 0.213 e. The molecule has 0 fully saturated rings. The molecule has 82 valence electrons. The lowest BCUT2D eigenvalue weighted by atomic mass is 10.1. The first kappa shape index (κ1) is 10.4. The molecule has 4 nitrogen and oxygen atoms in total. The van der Waals surface area contributed by atoms with Crippen molar-refractivity contribution >= 4 is 5.78 Å². The van der Waals surface area contributed by atoms with Crippen LogP contribution in [0.2, 0.25) is 0 Å². The van der Waals surface area contributed by atoms with Crippen LogP contribution in [0.15, 0.2) is 36.5 Å². The maximum atomic E-state index is 12.0. The van der Waals surface area contributed by atoms with Gasteiger partial charge in [-0.1, -0.05) is 12.1 Å². The molecule has 0 saturated carbocycles. The van der Waals surface area contributed by atoms with Gasteiger partial charge in [0.15, 0.2) is 0 Å². The minimum absolute atomic E-state index is 0.0977. The van der Waals surface area contributed by atoms with Crippen LogP contribution < -0.4 is 4.74 Å². The number of aromatic nitrogens is 2. The minimum Gasteiger partial charge on any atom is -0.497 e. The molecule has 0 aliphatic rings. The molecule has 1 aromatic carbocycles. The third-order valence-corrected chi connectivity index (χ3v) is 2.28. The van der Waals surface area contributed by atoms with E-state index < -0.39 is 0 Å². The molecule has 0 bridgehead atoms. The van der Waals surface area contributed by atoms with Crippen molar-refractivity contribution in [2.24, 2.45) is 7.05 Å². The van der Waals surface area contributed by atoms with E-state index in [9.17, 15) is 4.79 Å².